The second-order valence-corrected chi connectivity index (χ2v) is 7.61. The van der Waals surface area contributed by atoms with E-state index in [1.807, 2.05) is 0 Å². The SMILES string of the molecule is C[C@@]1(C(=O)ON2C(=O)CCC2=O)CC/C=C\[C@H](OC(=O)ON2C(=O)CCC2=O)CC1. The molecule has 0 aromatic carbocycles. The van der Waals surface area contributed by atoms with E-state index in [-0.39, 0.29) is 38.5 Å². The van der Waals surface area contributed by atoms with Crippen molar-refractivity contribution >= 4 is 35.8 Å². The Morgan fingerprint density at radius 1 is 0.900 bits per heavy atom. The van der Waals surface area contributed by atoms with E-state index >= 15 is 0 Å². The second-order valence-electron chi connectivity index (χ2n) is 7.61. The van der Waals surface area contributed by atoms with Gasteiger partial charge in [0.15, 0.2) is 0 Å². The molecule has 2 atom stereocenters. The van der Waals surface area contributed by atoms with E-state index in [0.29, 0.717) is 23.0 Å². The molecule has 2 fully saturated rings. The number of carbonyl (C=O) groups excluding carboxylic acids is 6. The fourth-order valence-electron chi connectivity index (χ4n) is 3.36. The molecule has 2 aliphatic heterocycles. The summed E-state index contributed by atoms with van der Waals surface area (Å²) in [5.41, 5.74) is -1.01. The number of carbonyl (C=O) groups is 6. The van der Waals surface area contributed by atoms with Crippen LogP contribution in [0.2, 0.25) is 0 Å². The molecule has 0 aromatic rings. The minimum atomic E-state index is -1.20. The van der Waals surface area contributed by atoms with E-state index in [9.17, 15) is 28.8 Å². The zero-order chi connectivity index (χ0) is 21.9. The second kappa shape index (κ2) is 8.64. The topological polar surface area (TPSA) is 137 Å². The van der Waals surface area contributed by atoms with Crippen molar-refractivity contribution in [3.05, 3.63) is 12.2 Å². The first kappa shape index (κ1) is 21.5. The van der Waals surface area contributed by atoms with E-state index in [2.05, 4.69) is 4.84 Å². The van der Waals surface area contributed by atoms with Crippen LogP contribution in [-0.4, -0.2) is 52.0 Å². The van der Waals surface area contributed by atoms with Crippen LogP contribution in [0.1, 0.15) is 58.3 Å². The molecule has 3 aliphatic rings. The summed E-state index contributed by atoms with van der Waals surface area (Å²) in [5.74, 6) is -3.07. The largest absolute Gasteiger partial charge is 0.534 e. The van der Waals surface area contributed by atoms with Gasteiger partial charge in [-0.2, -0.15) is 0 Å². The summed E-state index contributed by atoms with van der Waals surface area (Å²) in [5, 5.41) is 0.901. The summed E-state index contributed by atoms with van der Waals surface area (Å²) in [6.45, 7) is 1.65. The van der Waals surface area contributed by atoms with Crippen molar-refractivity contribution in [2.24, 2.45) is 5.41 Å². The Balaban J connectivity index is 1.57. The first-order valence-corrected chi connectivity index (χ1v) is 9.69. The average Bonchev–Trinajstić information content (AvgIpc) is 3.17. The highest BCUT2D eigenvalue weighted by atomic mass is 16.8. The molecule has 0 spiro atoms. The van der Waals surface area contributed by atoms with Crippen molar-refractivity contribution in [2.45, 2.75) is 64.4 Å². The molecule has 11 heteroatoms. The highest BCUT2D eigenvalue weighted by Crippen LogP contribution is 2.35. The monoisotopic (exact) mass is 422 g/mol. The molecule has 0 bridgehead atoms. The molecule has 2 heterocycles. The maximum Gasteiger partial charge on any atom is 0.534 e. The molecular formula is C19H22N2O9. The summed E-state index contributed by atoms with van der Waals surface area (Å²) >= 11 is 0. The van der Waals surface area contributed by atoms with Gasteiger partial charge in [0.05, 0.1) is 5.41 Å². The highest BCUT2D eigenvalue weighted by molar-refractivity contribution is 6.02. The predicted octanol–water partition coefficient (Wildman–Crippen LogP) is 1.32. The smallest absolute Gasteiger partial charge is 0.425 e. The first-order chi connectivity index (χ1) is 14.2. The van der Waals surface area contributed by atoms with Crippen molar-refractivity contribution in [3.63, 3.8) is 0 Å². The van der Waals surface area contributed by atoms with Gasteiger partial charge in [0, 0.05) is 25.7 Å². The fraction of sp³-hybridized carbons (Fsp3) is 0.579. The Morgan fingerprint density at radius 3 is 2.00 bits per heavy atom. The normalized spacial score (nSPS) is 28.2. The number of imide groups is 2. The number of hydrogen-bond donors (Lipinski definition) is 0. The van der Waals surface area contributed by atoms with Gasteiger partial charge in [-0.1, -0.05) is 11.1 Å². The lowest BCUT2D eigenvalue weighted by Crippen LogP contribution is -2.40. The van der Waals surface area contributed by atoms with E-state index < -0.39 is 47.3 Å². The molecule has 0 radical (unpaired) electrons. The van der Waals surface area contributed by atoms with Gasteiger partial charge < -0.3 is 9.57 Å². The van der Waals surface area contributed by atoms with Crippen LogP contribution in [0.4, 0.5) is 4.79 Å². The third-order valence-corrected chi connectivity index (χ3v) is 5.29. The molecule has 1 aliphatic carbocycles. The molecule has 4 amide bonds. The molecule has 3 rings (SSSR count). The Kier molecular flexibility index (Phi) is 6.18. The number of nitrogens with zero attached hydrogens (tertiary/aromatic N) is 2. The van der Waals surface area contributed by atoms with Crippen molar-refractivity contribution in [1.29, 1.82) is 0 Å². The van der Waals surface area contributed by atoms with Crippen molar-refractivity contribution in [2.75, 3.05) is 0 Å². The number of hydroxylamine groups is 4. The molecule has 0 N–H and O–H groups in total. The zero-order valence-electron chi connectivity index (χ0n) is 16.5. The zero-order valence-corrected chi connectivity index (χ0v) is 16.5. The number of allylic oxidation sites excluding steroid dienone is 1. The molecule has 162 valence electrons. The van der Waals surface area contributed by atoms with Crippen LogP contribution in [0.5, 0.6) is 0 Å². The van der Waals surface area contributed by atoms with Crippen molar-refractivity contribution in [3.8, 4) is 0 Å². The van der Waals surface area contributed by atoms with E-state index in [0.717, 1.165) is 0 Å². The van der Waals surface area contributed by atoms with Crippen LogP contribution in [0.25, 0.3) is 0 Å². The molecule has 11 nitrogen and oxygen atoms in total. The number of ether oxygens (including phenoxy) is 1. The maximum absolute atomic E-state index is 12.7. The lowest BCUT2D eigenvalue weighted by atomic mass is 9.79. The summed E-state index contributed by atoms with van der Waals surface area (Å²) < 4.78 is 5.16. The third kappa shape index (κ3) is 4.66. The van der Waals surface area contributed by atoms with Gasteiger partial charge in [-0.15, -0.1) is 5.06 Å². The van der Waals surface area contributed by atoms with Crippen molar-refractivity contribution < 1.29 is 43.2 Å². The molecule has 0 unspecified atom stereocenters. The molecule has 0 aromatic heterocycles. The van der Waals surface area contributed by atoms with E-state index in [1.165, 1.54) is 0 Å². The van der Waals surface area contributed by atoms with Crippen LogP contribution in [-0.2, 0) is 38.4 Å². The number of amides is 4. The van der Waals surface area contributed by atoms with Crippen LogP contribution < -0.4 is 0 Å². The minimum absolute atomic E-state index is 0.00557. The van der Waals surface area contributed by atoms with Gasteiger partial charge in [0.25, 0.3) is 23.6 Å². The Labute approximate surface area is 171 Å². The lowest BCUT2D eigenvalue weighted by molar-refractivity contribution is -0.205. The van der Waals surface area contributed by atoms with Gasteiger partial charge in [-0.25, -0.2) is 9.59 Å². The Bertz CT molecular complexity index is 789. The Hall–Kier alpha value is -3.24. The minimum Gasteiger partial charge on any atom is -0.425 e. The van der Waals surface area contributed by atoms with E-state index in [1.54, 1.807) is 19.1 Å². The van der Waals surface area contributed by atoms with Crippen LogP contribution in [0, 0.1) is 5.41 Å². The average molecular weight is 422 g/mol. The fourth-order valence-corrected chi connectivity index (χ4v) is 3.36. The van der Waals surface area contributed by atoms with Gasteiger partial charge in [-0.3, -0.25) is 24.0 Å². The van der Waals surface area contributed by atoms with E-state index in [4.69, 9.17) is 9.57 Å². The predicted molar refractivity (Wildman–Crippen MR) is 95.3 cm³/mol. The highest BCUT2D eigenvalue weighted by Gasteiger charge is 2.41. The molecule has 30 heavy (non-hydrogen) atoms. The van der Waals surface area contributed by atoms with Crippen LogP contribution in [0.3, 0.4) is 0 Å². The molecule has 2 saturated heterocycles. The lowest BCUT2D eigenvalue weighted by Gasteiger charge is -2.30. The quantitative estimate of drug-likeness (QED) is 0.373. The summed E-state index contributed by atoms with van der Waals surface area (Å²) in [6.07, 6.45) is 2.69. The number of rotatable bonds is 4. The van der Waals surface area contributed by atoms with Crippen LogP contribution >= 0.6 is 0 Å². The Morgan fingerprint density at radius 2 is 1.43 bits per heavy atom. The first-order valence-electron chi connectivity index (χ1n) is 9.69. The third-order valence-electron chi connectivity index (χ3n) is 5.29. The molecule has 0 saturated carbocycles. The van der Waals surface area contributed by atoms with Gasteiger partial charge in [-0.05, 0) is 38.7 Å². The summed E-state index contributed by atoms with van der Waals surface area (Å²) in [6, 6.07) is 0. The van der Waals surface area contributed by atoms with Crippen LogP contribution in [0.15, 0.2) is 12.2 Å². The summed E-state index contributed by atoms with van der Waals surface area (Å²) in [7, 11) is 0. The van der Waals surface area contributed by atoms with Gasteiger partial charge in [0.1, 0.15) is 6.10 Å². The molecular weight excluding hydrogens is 400 g/mol. The maximum atomic E-state index is 12.7. The summed E-state index contributed by atoms with van der Waals surface area (Å²) in [4.78, 5) is 80.8. The standard InChI is InChI=1S/C19H22N2O9/c1-19(17(26)29-20-13(22)5-6-14(20)23)10-3-2-4-12(9-11-19)28-18(27)30-21-15(24)7-8-16(21)25/h2,4,12H,3,5-11H2,1H3/b4-2-/t12-,19+/m0/s1. The number of hydrogen-bond acceptors (Lipinski definition) is 9. The van der Waals surface area contributed by atoms with Gasteiger partial charge >= 0.3 is 12.1 Å². The van der Waals surface area contributed by atoms with Gasteiger partial charge in [0.2, 0.25) is 0 Å². The van der Waals surface area contributed by atoms with Crippen molar-refractivity contribution in [1.82, 2.24) is 10.1 Å².